The number of aliphatic hydroxyl groups is 1. The first-order valence-electron chi connectivity index (χ1n) is 7.20. The van der Waals surface area contributed by atoms with E-state index in [9.17, 15) is 4.39 Å². The van der Waals surface area contributed by atoms with Gasteiger partial charge in [-0.25, -0.2) is 4.39 Å². The molecule has 0 unspecified atom stereocenters. The molecule has 0 bridgehead atoms. The zero-order valence-electron chi connectivity index (χ0n) is 11.8. The standard InChI is InChI=1S/C18H18FNO/c19-16-6-2-13(3-7-16)1-5-15-12-20-18-8-4-14(9-10-21)11-17(15)18/h2-4,6-8,11-12,20-21H,1,5,9-10H2. The van der Waals surface area contributed by atoms with Gasteiger partial charge in [-0.3, -0.25) is 0 Å². The summed E-state index contributed by atoms with van der Waals surface area (Å²) >= 11 is 0. The summed E-state index contributed by atoms with van der Waals surface area (Å²) < 4.78 is 12.9. The molecule has 108 valence electrons. The van der Waals surface area contributed by atoms with Gasteiger partial charge in [0.2, 0.25) is 0 Å². The molecule has 0 radical (unpaired) electrons. The van der Waals surface area contributed by atoms with Crippen LogP contribution in [0.1, 0.15) is 16.7 Å². The summed E-state index contributed by atoms with van der Waals surface area (Å²) in [6, 6.07) is 12.9. The number of benzene rings is 2. The average Bonchev–Trinajstić information content (AvgIpc) is 2.90. The second-order valence-electron chi connectivity index (χ2n) is 5.29. The van der Waals surface area contributed by atoms with Gasteiger partial charge < -0.3 is 10.1 Å². The number of halogens is 1. The second kappa shape index (κ2) is 6.10. The fourth-order valence-corrected chi connectivity index (χ4v) is 2.65. The van der Waals surface area contributed by atoms with Crippen molar-refractivity contribution in [2.24, 2.45) is 0 Å². The molecule has 0 aliphatic rings. The van der Waals surface area contributed by atoms with Crippen molar-refractivity contribution in [3.63, 3.8) is 0 Å². The number of aliphatic hydroxyl groups excluding tert-OH is 1. The SMILES string of the molecule is OCCc1ccc2[nH]cc(CCc3ccc(F)cc3)c2c1. The summed E-state index contributed by atoms with van der Waals surface area (Å²) in [6.45, 7) is 0.168. The minimum absolute atomic E-state index is 0.168. The van der Waals surface area contributed by atoms with Crippen molar-refractivity contribution in [2.75, 3.05) is 6.61 Å². The molecular formula is C18H18FNO. The lowest BCUT2D eigenvalue weighted by molar-refractivity contribution is 0.299. The quantitative estimate of drug-likeness (QED) is 0.737. The van der Waals surface area contributed by atoms with Crippen molar-refractivity contribution in [3.8, 4) is 0 Å². The molecule has 21 heavy (non-hydrogen) atoms. The van der Waals surface area contributed by atoms with E-state index in [1.807, 2.05) is 24.4 Å². The average molecular weight is 283 g/mol. The first kappa shape index (κ1) is 13.8. The van der Waals surface area contributed by atoms with Gasteiger partial charge in [0.15, 0.2) is 0 Å². The molecule has 0 saturated heterocycles. The highest BCUT2D eigenvalue weighted by Crippen LogP contribution is 2.22. The van der Waals surface area contributed by atoms with Crippen LogP contribution < -0.4 is 0 Å². The highest BCUT2D eigenvalue weighted by molar-refractivity contribution is 5.83. The van der Waals surface area contributed by atoms with Crippen LogP contribution in [0, 0.1) is 5.82 Å². The third-order valence-corrected chi connectivity index (χ3v) is 3.83. The van der Waals surface area contributed by atoms with E-state index in [1.54, 1.807) is 0 Å². The van der Waals surface area contributed by atoms with Crippen LogP contribution in [0.5, 0.6) is 0 Å². The Kier molecular flexibility index (Phi) is 4.02. The number of nitrogens with one attached hydrogen (secondary N) is 1. The lowest BCUT2D eigenvalue weighted by Crippen LogP contribution is -1.92. The van der Waals surface area contributed by atoms with Crippen molar-refractivity contribution in [2.45, 2.75) is 19.3 Å². The number of aryl methyl sites for hydroxylation is 2. The van der Waals surface area contributed by atoms with Gasteiger partial charge in [0, 0.05) is 23.7 Å². The Morgan fingerprint density at radius 2 is 1.67 bits per heavy atom. The maximum absolute atomic E-state index is 12.9. The molecule has 3 heteroatoms. The molecule has 0 saturated carbocycles. The van der Waals surface area contributed by atoms with Gasteiger partial charge in [-0.1, -0.05) is 18.2 Å². The molecule has 0 amide bonds. The second-order valence-corrected chi connectivity index (χ2v) is 5.29. The number of aromatic amines is 1. The number of H-pyrrole nitrogens is 1. The fraction of sp³-hybridized carbons (Fsp3) is 0.222. The molecular weight excluding hydrogens is 265 g/mol. The van der Waals surface area contributed by atoms with E-state index in [-0.39, 0.29) is 12.4 Å². The van der Waals surface area contributed by atoms with E-state index < -0.39 is 0 Å². The summed E-state index contributed by atoms with van der Waals surface area (Å²) in [4.78, 5) is 3.28. The number of aromatic nitrogens is 1. The molecule has 0 aliphatic carbocycles. The molecule has 0 fully saturated rings. The third kappa shape index (κ3) is 3.14. The van der Waals surface area contributed by atoms with Crippen molar-refractivity contribution in [1.82, 2.24) is 4.98 Å². The topological polar surface area (TPSA) is 36.0 Å². The van der Waals surface area contributed by atoms with Crippen LogP contribution in [0.4, 0.5) is 4.39 Å². The van der Waals surface area contributed by atoms with Gasteiger partial charge in [-0.2, -0.15) is 0 Å². The fourth-order valence-electron chi connectivity index (χ4n) is 2.65. The zero-order chi connectivity index (χ0) is 14.7. The monoisotopic (exact) mass is 283 g/mol. The van der Waals surface area contributed by atoms with Gasteiger partial charge in [-0.05, 0) is 60.2 Å². The van der Waals surface area contributed by atoms with Crippen molar-refractivity contribution in [1.29, 1.82) is 0 Å². The Morgan fingerprint density at radius 3 is 2.43 bits per heavy atom. The van der Waals surface area contributed by atoms with E-state index >= 15 is 0 Å². The van der Waals surface area contributed by atoms with Gasteiger partial charge in [0.25, 0.3) is 0 Å². The molecule has 2 N–H and O–H groups in total. The molecule has 3 rings (SSSR count). The van der Waals surface area contributed by atoms with Crippen molar-refractivity contribution >= 4 is 10.9 Å². The molecule has 0 atom stereocenters. The summed E-state index contributed by atoms with van der Waals surface area (Å²) in [7, 11) is 0. The normalized spacial score (nSPS) is 11.1. The molecule has 3 aromatic rings. The van der Waals surface area contributed by atoms with E-state index in [2.05, 4.69) is 17.1 Å². The third-order valence-electron chi connectivity index (χ3n) is 3.83. The van der Waals surface area contributed by atoms with Gasteiger partial charge in [0.1, 0.15) is 5.82 Å². The zero-order valence-corrected chi connectivity index (χ0v) is 11.8. The molecule has 2 nitrogen and oxygen atoms in total. The highest BCUT2D eigenvalue weighted by atomic mass is 19.1. The highest BCUT2D eigenvalue weighted by Gasteiger charge is 2.05. The number of fused-ring (bicyclic) bond motifs is 1. The van der Waals surface area contributed by atoms with Crippen molar-refractivity contribution < 1.29 is 9.50 Å². The maximum Gasteiger partial charge on any atom is 0.123 e. The van der Waals surface area contributed by atoms with Crippen LogP contribution in [0.25, 0.3) is 10.9 Å². The predicted molar refractivity (Wildman–Crippen MR) is 82.9 cm³/mol. The number of hydrogen-bond acceptors (Lipinski definition) is 1. The largest absolute Gasteiger partial charge is 0.396 e. The predicted octanol–water partition coefficient (Wildman–Crippen LogP) is 3.63. The Hall–Kier alpha value is -2.13. The van der Waals surface area contributed by atoms with Crippen LogP contribution in [0.3, 0.4) is 0 Å². The first-order chi connectivity index (χ1) is 10.3. The summed E-state index contributed by atoms with van der Waals surface area (Å²) in [6.07, 6.45) is 4.51. The van der Waals surface area contributed by atoms with E-state index in [4.69, 9.17) is 5.11 Å². The van der Waals surface area contributed by atoms with Gasteiger partial charge >= 0.3 is 0 Å². The maximum atomic E-state index is 12.9. The lowest BCUT2D eigenvalue weighted by Gasteiger charge is -2.03. The summed E-state index contributed by atoms with van der Waals surface area (Å²) in [5.74, 6) is -0.195. The first-order valence-corrected chi connectivity index (χ1v) is 7.20. The Balaban J connectivity index is 1.79. The Bertz CT molecular complexity index is 731. The van der Waals surface area contributed by atoms with Crippen molar-refractivity contribution in [3.05, 3.63) is 71.2 Å². The lowest BCUT2D eigenvalue weighted by atomic mass is 10.0. The van der Waals surface area contributed by atoms with Gasteiger partial charge in [-0.15, -0.1) is 0 Å². The minimum Gasteiger partial charge on any atom is -0.396 e. The van der Waals surface area contributed by atoms with E-state index in [0.29, 0.717) is 6.42 Å². The summed E-state index contributed by atoms with van der Waals surface area (Å²) in [5, 5.41) is 10.3. The minimum atomic E-state index is -0.195. The number of hydrogen-bond donors (Lipinski definition) is 2. The van der Waals surface area contributed by atoms with Crippen LogP contribution in [-0.4, -0.2) is 16.7 Å². The van der Waals surface area contributed by atoms with Crippen LogP contribution in [0.2, 0.25) is 0 Å². The van der Waals surface area contributed by atoms with Crippen LogP contribution in [0.15, 0.2) is 48.7 Å². The molecule has 1 heterocycles. The van der Waals surface area contributed by atoms with Gasteiger partial charge in [0.05, 0.1) is 0 Å². The van der Waals surface area contributed by atoms with E-state index in [0.717, 1.165) is 29.5 Å². The molecule has 2 aromatic carbocycles. The molecule has 0 aliphatic heterocycles. The van der Waals surface area contributed by atoms with E-state index in [1.165, 1.54) is 23.1 Å². The summed E-state index contributed by atoms with van der Waals surface area (Å²) in [5.41, 5.74) is 4.66. The van der Waals surface area contributed by atoms with Crippen LogP contribution in [-0.2, 0) is 19.3 Å². The molecule has 0 spiro atoms. The number of rotatable bonds is 5. The Labute approximate surface area is 123 Å². The molecule has 1 aromatic heterocycles. The Morgan fingerprint density at radius 1 is 0.905 bits per heavy atom. The smallest absolute Gasteiger partial charge is 0.123 e. The van der Waals surface area contributed by atoms with Crippen LogP contribution >= 0.6 is 0 Å².